The lowest BCUT2D eigenvalue weighted by molar-refractivity contribution is -0.0623. The van der Waals surface area contributed by atoms with Crippen molar-refractivity contribution in [3.8, 4) is 0 Å². The van der Waals surface area contributed by atoms with Crippen molar-refractivity contribution < 1.29 is 0 Å². The Hall–Kier alpha value is 0. The van der Waals surface area contributed by atoms with Crippen LogP contribution in [0, 0.1) is 40.9 Å². The van der Waals surface area contributed by atoms with E-state index < -0.39 is 0 Å². The molecule has 4 aliphatic rings. The first kappa shape index (κ1) is 13.6. The maximum Gasteiger partial charge on any atom is -0.0266 e. The molecule has 0 N–H and O–H groups in total. The quantitative estimate of drug-likeness (QED) is 0.545. The Balaban J connectivity index is 1.57. The van der Waals surface area contributed by atoms with E-state index in [0.29, 0.717) is 0 Å². The van der Waals surface area contributed by atoms with Crippen LogP contribution in [0.25, 0.3) is 0 Å². The fraction of sp³-hybridized carbons (Fsp3) is 1.00. The molecule has 4 saturated carbocycles. The van der Waals surface area contributed by atoms with E-state index in [1.165, 1.54) is 12.8 Å². The molecule has 114 valence electrons. The fourth-order valence-electron chi connectivity index (χ4n) is 7.61. The van der Waals surface area contributed by atoms with Gasteiger partial charge in [-0.3, -0.25) is 0 Å². The first-order valence-electron chi connectivity index (χ1n) is 9.74. The normalized spacial score (nSPS) is 54.9. The second-order valence-corrected chi connectivity index (χ2v) is 8.95. The van der Waals surface area contributed by atoms with Crippen LogP contribution in [-0.4, -0.2) is 0 Å². The summed E-state index contributed by atoms with van der Waals surface area (Å²) < 4.78 is 0. The monoisotopic (exact) mass is 274 g/mol. The summed E-state index contributed by atoms with van der Waals surface area (Å²) in [7, 11) is 0. The van der Waals surface area contributed by atoms with Gasteiger partial charge >= 0.3 is 0 Å². The third-order valence-corrected chi connectivity index (χ3v) is 8.57. The highest BCUT2D eigenvalue weighted by Crippen LogP contribution is 2.64. The van der Waals surface area contributed by atoms with E-state index in [0.717, 1.165) is 40.9 Å². The Morgan fingerprint density at radius 1 is 0.800 bits per heavy atom. The number of rotatable bonds is 1. The molecule has 0 saturated heterocycles. The molecule has 4 fully saturated rings. The molecule has 0 aromatic heterocycles. The minimum Gasteiger partial charge on any atom is -0.0651 e. The number of hydrogen-bond donors (Lipinski definition) is 0. The molecule has 4 rings (SSSR count). The van der Waals surface area contributed by atoms with E-state index >= 15 is 0 Å². The Bertz CT molecular complexity index is 359. The maximum absolute atomic E-state index is 2.68. The van der Waals surface area contributed by atoms with Gasteiger partial charge in [-0.2, -0.15) is 0 Å². The molecule has 0 aliphatic heterocycles. The molecule has 7 unspecified atom stereocenters. The molecule has 0 bridgehead atoms. The number of fused-ring (bicyclic) bond motifs is 5. The first-order valence-corrected chi connectivity index (χ1v) is 9.74. The summed E-state index contributed by atoms with van der Waals surface area (Å²) >= 11 is 0. The Labute approximate surface area is 126 Å². The molecule has 0 spiro atoms. The largest absolute Gasteiger partial charge is 0.0651 e. The SMILES string of the molecule is CCC1CCC2C3CCC4CCCCC4C3CCC12C. The summed E-state index contributed by atoms with van der Waals surface area (Å²) in [5, 5.41) is 0. The van der Waals surface area contributed by atoms with Crippen LogP contribution < -0.4 is 0 Å². The van der Waals surface area contributed by atoms with Gasteiger partial charge in [0.15, 0.2) is 0 Å². The van der Waals surface area contributed by atoms with Crippen LogP contribution in [-0.2, 0) is 0 Å². The maximum atomic E-state index is 2.68. The summed E-state index contributed by atoms with van der Waals surface area (Å²) in [4.78, 5) is 0. The van der Waals surface area contributed by atoms with Crippen LogP contribution in [0.3, 0.4) is 0 Å². The molecule has 0 aromatic carbocycles. The van der Waals surface area contributed by atoms with Gasteiger partial charge in [0, 0.05) is 0 Å². The van der Waals surface area contributed by atoms with E-state index in [1.54, 1.807) is 57.8 Å². The molecule has 0 nitrogen and oxygen atoms in total. The van der Waals surface area contributed by atoms with Crippen molar-refractivity contribution in [3.05, 3.63) is 0 Å². The van der Waals surface area contributed by atoms with Crippen molar-refractivity contribution in [2.75, 3.05) is 0 Å². The summed E-state index contributed by atoms with van der Waals surface area (Å²) in [5.74, 6) is 6.71. The highest BCUT2D eigenvalue weighted by Gasteiger charge is 2.55. The van der Waals surface area contributed by atoms with Crippen molar-refractivity contribution >= 4 is 0 Å². The van der Waals surface area contributed by atoms with Crippen LogP contribution >= 0.6 is 0 Å². The van der Waals surface area contributed by atoms with Gasteiger partial charge in [-0.15, -0.1) is 0 Å². The third-order valence-electron chi connectivity index (χ3n) is 8.57. The van der Waals surface area contributed by atoms with Crippen molar-refractivity contribution in [1.82, 2.24) is 0 Å². The lowest BCUT2D eigenvalue weighted by atomic mass is 9.49. The van der Waals surface area contributed by atoms with Crippen LogP contribution in [0.2, 0.25) is 0 Å². The average molecular weight is 274 g/mol. The van der Waals surface area contributed by atoms with E-state index in [-0.39, 0.29) is 0 Å². The van der Waals surface area contributed by atoms with Gasteiger partial charge in [0.1, 0.15) is 0 Å². The van der Waals surface area contributed by atoms with E-state index in [9.17, 15) is 0 Å². The van der Waals surface area contributed by atoms with E-state index in [2.05, 4.69) is 13.8 Å². The summed E-state index contributed by atoms with van der Waals surface area (Å²) in [6, 6.07) is 0. The van der Waals surface area contributed by atoms with Gasteiger partial charge in [0.05, 0.1) is 0 Å². The van der Waals surface area contributed by atoms with Gasteiger partial charge in [-0.25, -0.2) is 0 Å². The highest BCUT2D eigenvalue weighted by atomic mass is 14.6. The van der Waals surface area contributed by atoms with Crippen molar-refractivity contribution in [3.63, 3.8) is 0 Å². The van der Waals surface area contributed by atoms with Crippen molar-refractivity contribution in [2.45, 2.75) is 84.5 Å². The van der Waals surface area contributed by atoms with Gasteiger partial charge in [0.2, 0.25) is 0 Å². The molecule has 7 atom stereocenters. The average Bonchev–Trinajstić information content (AvgIpc) is 2.83. The molecular formula is C20H34. The minimum atomic E-state index is 0.734. The smallest absolute Gasteiger partial charge is 0.0266 e. The van der Waals surface area contributed by atoms with Crippen molar-refractivity contribution in [2.24, 2.45) is 40.9 Å². The summed E-state index contributed by atoms with van der Waals surface area (Å²) in [6.45, 7) is 5.13. The zero-order chi connectivity index (χ0) is 13.7. The zero-order valence-electron chi connectivity index (χ0n) is 13.7. The van der Waals surface area contributed by atoms with Gasteiger partial charge in [0.25, 0.3) is 0 Å². The Kier molecular flexibility index (Phi) is 3.43. The lowest BCUT2D eigenvalue weighted by Gasteiger charge is -2.55. The number of hydrogen-bond acceptors (Lipinski definition) is 0. The second kappa shape index (κ2) is 5.03. The highest BCUT2D eigenvalue weighted by molar-refractivity contribution is 5.05. The second-order valence-electron chi connectivity index (χ2n) is 8.95. The summed E-state index contributed by atoms with van der Waals surface area (Å²) in [6.07, 6.45) is 17.2. The predicted molar refractivity (Wildman–Crippen MR) is 85.5 cm³/mol. The van der Waals surface area contributed by atoms with Crippen LogP contribution in [0.4, 0.5) is 0 Å². The predicted octanol–water partition coefficient (Wildman–Crippen LogP) is 6.06. The first-order chi connectivity index (χ1) is 9.74. The third kappa shape index (κ3) is 1.85. The molecule has 0 heterocycles. The summed E-state index contributed by atoms with van der Waals surface area (Å²) in [5.41, 5.74) is 0.734. The Morgan fingerprint density at radius 2 is 1.65 bits per heavy atom. The molecule has 0 heteroatoms. The Morgan fingerprint density at radius 3 is 2.50 bits per heavy atom. The molecule has 0 aromatic rings. The fourth-order valence-corrected chi connectivity index (χ4v) is 7.61. The molecular weight excluding hydrogens is 240 g/mol. The standard InChI is InChI=1S/C20H34/c1-3-15-9-11-19-18-10-8-14-6-4-5-7-16(14)17(18)12-13-20(15,19)2/h14-19H,3-13H2,1-2H3. The lowest BCUT2D eigenvalue weighted by Crippen LogP contribution is -2.47. The van der Waals surface area contributed by atoms with E-state index in [4.69, 9.17) is 0 Å². The molecule has 20 heavy (non-hydrogen) atoms. The molecule has 0 amide bonds. The minimum absolute atomic E-state index is 0.734. The van der Waals surface area contributed by atoms with Crippen LogP contribution in [0.5, 0.6) is 0 Å². The van der Waals surface area contributed by atoms with Gasteiger partial charge < -0.3 is 0 Å². The van der Waals surface area contributed by atoms with Crippen LogP contribution in [0.15, 0.2) is 0 Å². The zero-order valence-corrected chi connectivity index (χ0v) is 13.7. The van der Waals surface area contributed by atoms with Gasteiger partial charge in [-0.1, -0.05) is 39.5 Å². The van der Waals surface area contributed by atoms with Gasteiger partial charge in [-0.05, 0) is 85.9 Å². The van der Waals surface area contributed by atoms with Crippen LogP contribution in [0.1, 0.15) is 84.5 Å². The van der Waals surface area contributed by atoms with E-state index in [1.807, 2.05) is 0 Å². The molecule has 0 radical (unpaired) electrons. The topological polar surface area (TPSA) is 0 Å². The molecule has 4 aliphatic carbocycles. The van der Waals surface area contributed by atoms with Crippen molar-refractivity contribution in [1.29, 1.82) is 0 Å².